The van der Waals surface area contributed by atoms with E-state index >= 15 is 8.78 Å². The molecule has 1 aromatic heterocycles. The molecule has 9 nitrogen and oxygen atoms in total. The number of rotatable bonds is 3. The van der Waals surface area contributed by atoms with Gasteiger partial charge in [-0.25, -0.2) is 13.6 Å². The van der Waals surface area contributed by atoms with E-state index < -0.39 is 51.3 Å². The van der Waals surface area contributed by atoms with Crippen LogP contribution in [0.4, 0.5) is 13.6 Å². The minimum atomic E-state index is -1.24. The molecule has 2 atom stereocenters. The highest BCUT2D eigenvalue weighted by atomic mass is 35.5. The molecule has 3 aliphatic heterocycles. The summed E-state index contributed by atoms with van der Waals surface area (Å²) in [6.45, 7) is 5.76. The summed E-state index contributed by atoms with van der Waals surface area (Å²) < 4.78 is 57.8. The van der Waals surface area contributed by atoms with Crippen LogP contribution in [0.15, 0.2) is 59.5 Å². The molecule has 0 saturated carbocycles. The van der Waals surface area contributed by atoms with E-state index in [2.05, 4.69) is 0 Å². The average molecular weight is 674 g/mol. The normalized spacial score (nSPS) is 19.3. The van der Waals surface area contributed by atoms with Crippen LogP contribution >= 0.6 is 11.6 Å². The molecule has 1 saturated heterocycles. The van der Waals surface area contributed by atoms with Gasteiger partial charge in [-0.15, -0.1) is 0 Å². The first-order valence-corrected chi connectivity index (χ1v) is 15.8. The summed E-state index contributed by atoms with van der Waals surface area (Å²) >= 11 is 6.66. The second kappa shape index (κ2) is 11.3. The van der Waals surface area contributed by atoms with Gasteiger partial charge in [0.1, 0.15) is 23.2 Å². The number of carbonyl (C=O) groups excluding carboxylic acids is 1. The zero-order chi connectivity index (χ0) is 34.1. The summed E-state index contributed by atoms with van der Waals surface area (Å²) in [6.07, 6.45) is 2.21. The molecule has 4 heterocycles. The number of nitrogens with zero attached hydrogens (tertiary/aromatic N) is 3. The van der Waals surface area contributed by atoms with Crippen LogP contribution < -0.4 is 19.8 Å². The fourth-order valence-electron chi connectivity index (χ4n) is 6.81. The molecule has 1 fully saturated rings. The maximum absolute atomic E-state index is 16.8. The quantitative estimate of drug-likeness (QED) is 0.191. The molecule has 0 N–H and O–H groups in total. The van der Waals surface area contributed by atoms with Crippen molar-refractivity contribution in [1.82, 2.24) is 9.47 Å². The number of hydrogen-bond donors (Lipinski definition) is 0. The SMILES string of the molecule is Cn1ccc2c(c1=O)Oc1c(cc(C#N)c(-c3c(Cl)c(F)cc4c3C[C@](c3ccccc3)([C@@H]3CCCN3C(=O)OC(C)(C)C)O4)c1F)O2. The number of fused-ring (bicyclic) bond motifs is 3. The van der Waals surface area contributed by atoms with Crippen molar-refractivity contribution in [3.05, 3.63) is 98.4 Å². The number of halogens is 3. The van der Waals surface area contributed by atoms with Gasteiger partial charge in [-0.2, -0.15) is 5.26 Å². The molecule has 0 bridgehead atoms. The molecular formula is C36H30ClF2N3O6. The van der Waals surface area contributed by atoms with E-state index in [4.69, 9.17) is 30.5 Å². The van der Waals surface area contributed by atoms with E-state index in [1.807, 2.05) is 36.4 Å². The van der Waals surface area contributed by atoms with Gasteiger partial charge < -0.3 is 28.4 Å². The minimum absolute atomic E-state index is 0.0494. The molecule has 4 aromatic rings. The van der Waals surface area contributed by atoms with Crippen molar-refractivity contribution in [1.29, 1.82) is 5.26 Å². The number of likely N-dealkylation sites (tertiary alicyclic amines) is 1. The molecule has 0 unspecified atom stereocenters. The molecule has 0 aliphatic carbocycles. The van der Waals surface area contributed by atoms with Crippen molar-refractivity contribution in [2.45, 2.75) is 57.3 Å². The Bertz CT molecular complexity index is 2110. The fraction of sp³-hybridized carbons (Fsp3) is 0.306. The highest BCUT2D eigenvalue weighted by molar-refractivity contribution is 6.34. The summed E-state index contributed by atoms with van der Waals surface area (Å²) in [5.41, 5.74) is -2.15. The fourth-order valence-corrected chi connectivity index (χ4v) is 7.07. The smallest absolute Gasteiger partial charge is 0.410 e. The van der Waals surface area contributed by atoms with E-state index in [1.54, 1.807) is 25.7 Å². The molecule has 3 aliphatic rings. The zero-order valence-corrected chi connectivity index (χ0v) is 27.3. The highest BCUT2D eigenvalue weighted by Crippen LogP contribution is 2.55. The van der Waals surface area contributed by atoms with Gasteiger partial charge in [0, 0.05) is 61.1 Å². The van der Waals surface area contributed by atoms with Crippen LogP contribution in [0.3, 0.4) is 0 Å². The Balaban J connectivity index is 1.41. The molecule has 3 aromatic carbocycles. The summed E-state index contributed by atoms with van der Waals surface area (Å²) in [5, 5.41) is 9.81. The molecule has 48 heavy (non-hydrogen) atoms. The predicted molar refractivity (Wildman–Crippen MR) is 172 cm³/mol. The van der Waals surface area contributed by atoms with Crippen molar-refractivity contribution >= 4 is 17.7 Å². The predicted octanol–water partition coefficient (Wildman–Crippen LogP) is 7.98. The van der Waals surface area contributed by atoms with Crippen molar-refractivity contribution in [2.24, 2.45) is 7.05 Å². The van der Waals surface area contributed by atoms with Crippen LogP contribution in [-0.2, 0) is 23.8 Å². The number of pyridine rings is 1. The van der Waals surface area contributed by atoms with E-state index in [9.17, 15) is 14.9 Å². The summed E-state index contributed by atoms with van der Waals surface area (Å²) in [4.78, 5) is 27.9. The van der Waals surface area contributed by atoms with Crippen LogP contribution in [0.25, 0.3) is 11.1 Å². The molecule has 1 amide bonds. The Morgan fingerprint density at radius 1 is 1.06 bits per heavy atom. The van der Waals surface area contributed by atoms with Crippen LogP contribution in [0.1, 0.15) is 50.3 Å². The second-order valence-corrected chi connectivity index (χ2v) is 13.4. The van der Waals surface area contributed by atoms with Gasteiger partial charge in [0.25, 0.3) is 5.56 Å². The van der Waals surface area contributed by atoms with Crippen LogP contribution in [-0.4, -0.2) is 33.7 Å². The van der Waals surface area contributed by atoms with Crippen LogP contribution in [0, 0.1) is 23.0 Å². The lowest BCUT2D eigenvalue weighted by Crippen LogP contribution is -2.53. The van der Waals surface area contributed by atoms with Crippen molar-refractivity contribution < 1.29 is 32.5 Å². The monoisotopic (exact) mass is 673 g/mol. The number of carbonyl (C=O) groups is 1. The first-order valence-electron chi connectivity index (χ1n) is 15.4. The maximum atomic E-state index is 16.8. The number of aryl methyl sites for hydroxylation is 1. The van der Waals surface area contributed by atoms with Crippen molar-refractivity contribution in [3.63, 3.8) is 0 Å². The van der Waals surface area contributed by atoms with E-state index in [0.29, 0.717) is 30.5 Å². The number of benzene rings is 3. The van der Waals surface area contributed by atoms with Gasteiger partial charge in [0.15, 0.2) is 22.9 Å². The summed E-state index contributed by atoms with van der Waals surface area (Å²) in [5.74, 6) is -2.65. The first-order chi connectivity index (χ1) is 22.8. The lowest BCUT2D eigenvalue weighted by Gasteiger charge is -2.40. The lowest BCUT2D eigenvalue weighted by molar-refractivity contribution is -0.0216. The van der Waals surface area contributed by atoms with Gasteiger partial charge >= 0.3 is 6.09 Å². The third kappa shape index (κ3) is 4.94. The third-order valence-electron chi connectivity index (χ3n) is 8.87. The number of ether oxygens (including phenoxy) is 4. The number of nitriles is 1. The van der Waals surface area contributed by atoms with Crippen LogP contribution in [0.5, 0.6) is 28.7 Å². The Morgan fingerprint density at radius 2 is 1.81 bits per heavy atom. The lowest BCUT2D eigenvalue weighted by atomic mass is 9.79. The van der Waals surface area contributed by atoms with E-state index in [-0.39, 0.29) is 46.1 Å². The van der Waals surface area contributed by atoms with Gasteiger partial charge in [-0.3, -0.25) is 4.79 Å². The number of aromatic nitrogens is 1. The molecule has 0 spiro atoms. The first kappa shape index (κ1) is 31.5. The van der Waals surface area contributed by atoms with Gasteiger partial charge in [-0.05, 0) is 39.2 Å². The summed E-state index contributed by atoms with van der Waals surface area (Å²) in [6, 6.07) is 14.6. The van der Waals surface area contributed by atoms with Gasteiger partial charge in [-0.1, -0.05) is 41.9 Å². The van der Waals surface area contributed by atoms with Crippen molar-refractivity contribution in [3.8, 4) is 45.9 Å². The molecule has 246 valence electrons. The van der Waals surface area contributed by atoms with Gasteiger partial charge in [0.05, 0.1) is 16.6 Å². The molecule has 12 heteroatoms. The Morgan fingerprint density at radius 3 is 2.52 bits per heavy atom. The highest BCUT2D eigenvalue weighted by Gasteiger charge is 2.54. The largest absolute Gasteiger partial charge is 0.480 e. The maximum Gasteiger partial charge on any atom is 0.410 e. The Kier molecular flexibility index (Phi) is 7.40. The Hall–Kier alpha value is -5.08. The second-order valence-electron chi connectivity index (χ2n) is 13.1. The van der Waals surface area contributed by atoms with Gasteiger partial charge in [0.2, 0.25) is 11.5 Å². The number of amides is 1. The van der Waals surface area contributed by atoms with Crippen molar-refractivity contribution in [2.75, 3.05) is 6.54 Å². The average Bonchev–Trinajstić information content (AvgIpc) is 3.70. The van der Waals surface area contributed by atoms with E-state index in [1.165, 1.54) is 29.9 Å². The van der Waals surface area contributed by atoms with Crippen LogP contribution in [0.2, 0.25) is 5.02 Å². The number of hydrogen-bond acceptors (Lipinski definition) is 7. The third-order valence-corrected chi connectivity index (χ3v) is 9.24. The minimum Gasteiger partial charge on any atom is -0.480 e. The summed E-state index contributed by atoms with van der Waals surface area (Å²) in [7, 11) is 1.51. The Labute approximate surface area is 279 Å². The zero-order valence-electron chi connectivity index (χ0n) is 26.5. The van der Waals surface area contributed by atoms with E-state index in [0.717, 1.165) is 6.07 Å². The topological polar surface area (TPSA) is 103 Å². The standard InChI is InChI=1S/C36H30ClF2N3O6/c1-35(2,3)48-34(44)42-13-8-11-26(42)36(20-9-6-5-7-10-20)17-21-24(47-36)16-22(38)29(37)28(21)27-19(18-40)15-25-31(30(27)39)46-32-23(45-25)12-14-41(4)33(32)43/h5-7,9-10,12,14-16,26H,8,11,13,17H2,1-4H3/t26-,36-/m0/s1. The molecule has 0 radical (unpaired) electrons. The molecular weight excluding hydrogens is 644 g/mol. The molecule has 7 rings (SSSR count).